The first-order valence-corrected chi connectivity index (χ1v) is 2.91. The third-order valence-electron chi connectivity index (χ3n) is 1.02. The zero-order chi connectivity index (χ0) is 7.44. The van der Waals surface area contributed by atoms with Gasteiger partial charge in [0.15, 0.2) is 0 Å². The van der Waals surface area contributed by atoms with Gasteiger partial charge in [0.25, 0.3) is 0 Å². The molecule has 0 aliphatic carbocycles. The van der Waals surface area contributed by atoms with Gasteiger partial charge < -0.3 is 5.73 Å². The van der Waals surface area contributed by atoms with E-state index in [4.69, 9.17) is 17.3 Å². The highest BCUT2D eigenvalue weighted by atomic mass is 35.5. The predicted octanol–water partition coefficient (Wildman–Crippen LogP) is 2.16. The van der Waals surface area contributed by atoms with Gasteiger partial charge in [-0.15, -0.1) is 0 Å². The number of allylic oxidation sites excluding steroid dienone is 3. The lowest BCUT2D eigenvalue weighted by Gasteiger charge is -1.98. The van der Waals surface area contributed by atoms with Crippen LogP contribution >= 0.6 is 11.6 Å². The molecule has 2 heteroatoms. The van der Waals surface area contributed by atoms with E-state index in [1.165, 1.54) is 0 Å². The molecular formula is C7H10ClN. The van der Waals surface area contributed by atoms with E-state index in [2.05, 4.69) is 13.2 Å². The van der Waals surface area contributed by atoms with Crippen molar-refractivity contribution >= 4 is 11.6 Å². The summed E-state index contributed by atoms with van der Waals surface area (Å²) in [5.41, 5.74) is 6.81. The smallest absolute Gasteiger partial charge is 0.0566 e. The van der Waals surface area contributed by atoms with E-state index >= 15 is 0 Å². The zero-order valence-corrected chi connectivity index (χ0v) is 6.20. The molecule has 9 heavy (non-hydrogen) atoms. The Morgan fingerprint density at radius 2 is 2.11 bits per heavy atom. The Morgan fingerprint density at radius 3 is 2.22 bits per heavy atom. The first-order chi connectivity index (χ1) is 4.09. The Kier molecular flexibility index (Phi) is 3.10. The second kappa shape index (κ2) is 3.36. The van der Waals surface area contributed by atoms with Crippen LogP contribution in [-0.4, -0.2) is 0 Å². The molecular weight excluding hydrogens is 134 g/mol. The summed E-state index contributed by atoms with van der Waals surface area (Å²) in [5.74, 6) is 0. The highest BCUT2D eigenvalue weighted by Crippen LogP contribution is 2.10. The molecule has 0 heterocycles. The van der Waals surface area contributed by atoms with Crippen molar-refractivity contribution in [2.24, 2.45) is 5.73 Å². The standard InChI is InChI=1S/C7H10ClN/c1-4-5(2)7(9)6(3)8/h4H,1,3,9H2,2H3/b7-5+. The molecule has 1 nitrogen and oxygen atoms in total. The Labute approximate surface area is 60.5 Å². The van der Waals surface area contributed by atoms with Crippen molar-refractivity contribution in [1.82, 2.24) is 0 Å². The van der Waals surface area contributed by atoms with Gasteiger partial charge in [0.2, 0.25) is 0 Å². The zero-order valence-electron chi connectivity index (χ0n) is 5.45. The van der Waals surface area contributed by atoms with E-state index in [-0.39, 0.29) is 0 Å². The van der Waals surface area contributed by atoms with Gasteiger partial charge in [-0.1, -0.05) is 30.8 Å². The molecule has 0 bridgehead atoms. The van der Waals surface area contributed by atoms with Crippen molar-refractivity contribution in [1.29, 1.82) is 0 Å². The second-order valence-electron chi connectivity index (χ2n) is 1.71. The molecule has 0 aliphatic rings. The third-order valence-corrected chi connectivity index (χ3v) is 1.23. The second-order valence-corrected chi connectivity index (χ2v) is 2.16. The molecule has 0 atom stereocenters. The largest absolute Gasteiger partial charge is 0.397 e. The van der Waals surface area contributed by atoms with E-state index in [1.54, 1.807) is 6.08 Å². The van der Waals surface area contributed by atoms with Crippen LogP contribution in [-0.2, 0) is 0 Å². The Bertz CT molecular complexity index is 168. The van der Waals surface area contributed by atoms with Gasteiger partial charge in [0.05, 0.1) is 10.7 Å². The fourth-order valence-corrected chi connectivity index (χ4v) is 0.473. The van der Waals surface area contributed by atoms with Gasteiger partial charge in [-0.2, -0.15) is 0 Å². The van der Waals surface area contributed by atoms with Crippen LogP contribution in [0.3, 0.4) is 0 Å². The maximum Gasteiger partial charge on any atom is 0.0566 e. The minimum atomic E-state index is 0.368. The topological polar surface area (TPSA) is 26.0 Å². The molecule has 50 valence electrons. The molecule has 0 radical (unpaired) electrons. The van der Waals surface area contributed by atoms with Crippen LogP contribution in [0.15, 0.2) is 35.5 Å². The maximum absolute atomic E-state index is 5.48. The summed E-state index contributed by atoms with van der Waals surface area (Å²) >= 11 is 5.48. The monoisotopic (exact) mass is 143 g/mol. The van der Waals surface area contributed by atoms with Gasteiger partial charge in [-0.25, -0.2) is 0 Å². The van der Waals surface area contributed by atoms with Gasteiger partial charge in [0, 0.05) is 0 Å². The first-order valence-electron chi connectivity index (χ1n) is 2.53. The lowest BCUT2D eigenvalue weighted by molar-refractivity contribution is 1.31. The van der Waals surface area contributed by atoms with Crippen LogP contribution in [0.5, 0.6) is 0 Å². The Morgan fingerprint density at radius 1 is 1.67 bits per heavy atom. The number of nitrogens with two attached hydrogens (primary N) is 1. The van der Waals surface area contributed by atoms with Crippen LogP contribution in [0.4, 0.5) is 0 Å². The average molecular weight is 144 g/mol. The van der Waals surface area contributed by atoms with Crippen LogP contribution in [0.1, 0.15) is 6.92 Å². The number of halogens is 1. The molecule has 0 saturated heterocycles. The number of rotatable bonds is 2. The third kappa shape index (κ3) is 2.38. The van der Waals surface area contributed by atoms with Crippen molar-refractivity contribution < 1.29 is 0 Å². The van der Waals surface area contributed by atoms with Crippen molar-refractivity contribution in [2.75, 3.05) is 0 Å². The molecule has 0 aliphatic heterocycles. The van der Waals surface area contributed by atoms with Crippen molar-refractivity contribution in [3.63, 3.8) is 0 Å². The molecule has 0 aromatic rings. The summed E-state index contributed by atoms with van der Waals surface area (Å²) in [4.78, 5) is 0. The van der Waals surface area contributed by atoms with E-state index < -0.39 is 0 Å². The summed E-state index contributed by atoms with van der Waals surface area (Å²) in [6.07, 6.45) is 1.64. The van der Waals surface area contributed by atoms with Crippen LogP contribution in [0.25, 0.3) is 0 Å². The molecule has 0 rings (SSSR count). The van der Waals surface area contributed by atoms with Crippen LogP contribution in [0.2, 0.25) is 0 Å². The SMILES string of the molecule is C=C/C(C)=C(/N)C(=C)Cl. The lowest BCUT2D eigenvalue weighted by atomic mass is 10.2. The first kappa shape index (κ1) is 8.31. The lowest BCUT2D eigenvalue weighted by Crippen LogP contribution is -1.98. The van der Waals surface area contributed by atoms with E-state index in [0.717, 1.165) is 5.57 Å². The van der Waals surface area contributed by atoms with Gasteiger partial charge >= 0.3 is 0 Å². The van der Waals surface area contributed by atoms with E-state index in [0.29, 0.717) is 10.7 Å². The molecule has 0 aromatic carbocycles. The molecule has 0 spiro atoms. The quantitative estimate of drug-likeness (QED) is 0.589. The summed E-state index contributed by atoms with van der Waals surface area (Å²) in [6.45, 7) is 8.81. The fraction of sp³-hybridized carbons (Fsp3) is 0.143. The summed E-state index contributed by atoms with van der Waals surface area (Å²) in [7, 11) is 0. The molecule has 0 unspecified atom stereocenters. The molecule has 0 fully saturated rings. The normalized spacial score (nSPS) is 12.2. The number of hydrogen-bond acceptors (Lipinski definition) is 1. The summed E-state index contributed by atoms with van der Waals surface area (Å²) in [6, 6.07) is 0. The van der Waals surface area contributed by atoms with Crippen LogP contribution < -0.4 is 5.73 Å². The van der Waals surface area contributed by atoms with E-state index in [9.17, 15) is 0 Å². The van der Waals surface area contributed by atoms with Crippen molar-refractivity contribution in [2.45, 2.75) is 6.92 Å². The summed E-state index contributed by atoms with van der Waals surface area (Å²) < 4.78 is 0. The minimum absolute atomic E-state index is 0.368. The molecule has 2 N–H and O–H groups in total. The minimum Gasteiger partial charge on any atom is -0.397 e. The number of hydrogen-bond donors (Lipinski definition) is 1. The summed E-state index contributed by atoms with van der Waals surface area (Å²) in [5, 5.41) is 0.368. The predicted molar refractivity (Wildman–Crippen MR) is 42.1 cm³/mol. The van der Waals surface area contributed by atoms with Crippen LogP contribution in [0, 0.1) is 0 Å². The molecule has 0 saturated carbocycles. The Hall–Kier alpha value is -0.690. The van der Waals surface area contributed by atoms with E-state index in [1.807, 2.05) is 6.92 Å². The highest BCUT2D eigenvalue weighted by molar-refractivity contribution is 6.31. The maximum atomic E-state index is 5.48. The highest BCUT2D eigenvalue weighted by Gasteiger charge is 1.94. The van der Waals surface area contributed by atoms with Gasteiger partial charge in [0.1, 0.15) is 0 Å². The van der Waals surface area contributed by atoms with Crippen molar-refractivity contribution in [3.05, 3.63) is 35.5 Å². The Balaban J connectivity index is 4.47. The average Bonchev–Trinajstić information content (AvgIpc) is 1.84. The van der Waals surface area contributed by atoms with Crippen molar-refractivity contribution in [3.8, 4) is 0 Å². The fourth-order valence-electron chi connectivity index (χ4n) is 0.324. The van der Waals surface area contributed by atoms with Gasteiger partial charge in [-0.3, -0.25) is 0 Å². The van der Waals surface area contributed by atoms with Gasteiger partial charge in [-0.05, 0) is 12.5 Å². The molecule has 0 amide bonds. The molecule has 0 aromatic heterocycles.